The molecule has 0 aliphatic carbocycles. The van der Waals surface area contributed by atoms with Crippen LogP contribution in [0.2, 0.25) is 0 Å². The lowest BCUT2D eigenvalue weighted by Crippen LogP contribution is -2.32. The normalized spacial score (nSPS) is 27.4. The highest BCUT2D eigenvalue weighted by Crippen LogP contribution is 2.43. The summed E-state index contributed by atoms with van der Waals surface area (Å²) in [6.07, 6.45) is 5.69. The van der Waals surface area contributed by atoms with E-state index in [1.54, 1.807) is 0 Å². The minimum Gasteiger partial charge on any atom is -0.315 e. The van der Waals surface area contributed by atoms with Gasteiger partial charge in [-0.15, -0.1) is 11.7 Å². The smallest absolute Gasteiger partial charge is 0.0340 e. The highest BCUT2D eigenvalue weighted by atomic mass is 33.1. The maximum Gasteiger partial charge on any atom is 0.0340 e. The lowest BCUT2D eigenvalue weighted by molar-refractivity contribution is 0.599. The molecule has 0 spiro atoms. The third-order valence-corrected chi connectivity index (χ3v) is 3.05. The van der Waals surface area contributed by atoms with Gasteiger partial charge in [0.15, 0.2) is 0 Å². The molecule has 1 atom stereocenters. The predicted octanol–water partition coefficient (Wildman–Crippen LogP) is 0.804. The van der Waals surface area contributed by atoms with Gasteiger partial charge in [-0.05, 0) is 25.5 Å². The van der Waals surface area contributed by atoms with E-state index in [0.29, 0.717) is 6.04 Å². The van der Waals surface area contributed by atoms with E-state index in [0.717, 1.165) is 12.4 Å². The number of rotatable bonds is 3. The van der Waals surface area contributed by atoms with Crippen LogP contribution in [0.3, 0.4) is 0 Å². The SMILES string of the molecule is CS(C)(S)CN[C@@H]1CCNC1. The second kappa shape index (κ2) is 4.03. The van der Waals surface area contributed by atoms with E-state index in [2.05, 4.69) is 34.8 Å². The summed E-state index contributed by atoms with van der Waals surface area (Å²) in [6.45, 7) is 2.29. The van der Waals surface area contributed by atoms with Gasteiger partial charge in [-0.1, -0.05) is 0 Å². The van der Waals surface area contributed by atoms with Crippen LogP contribution in [-0.2, 0) is 0 Å². The molecule has 0 saturated carbocycles. The monoisotopic (exact) mass is 194 g/mol. The van der Waals surface area contributed by atoms with Crippen molar-refractivity contribution in [2.75, 3.05) is 31.5 Å². The molecule has 2 N–H and O–H groups in total. The molecule has 0 aromatic rings. The van der Waals surface area contributed by atoms with Crippen molar-refractivity contribution in [1.82, 2.24) is 10.6 Å². The number of hydrogen-bond acceptors (Lipinski definition) is 3. The van der Waals surface area contributed by atoms with Gasteiger partial charge in [0, 0.05) is 18.5 Å². The molecule has 1 saturated heterocycles. The van der Waals surface area contributed by atoms with Gasteiger partial charge in [-0.25, -0.2) is 0 Å². The zero-order valence-electron chi connectivity index (χ0n) is 7.26. The fourth-order valence-corrected chi connectivity index (χ4v) is 2.02. The molecule has 0 amide bonds. The average Bonchev–Trinajstić information content (AvgIpc) is 2.32. The first-order chi connectivity index (χ1) is 5.08. The van der Waals surface area contributed by atoms with Gasteiger partial charge in [0.1, 0.15) is 0 Å². The minimum atomic E-state index is -0.656. The van der Waals surface area contributed by atoms with Crippen molar-refractivity contribution in [3.63, 3.8) is 0 Å². The molecule has 0 bridgehead atoms. The van der Waals surface area contributed by atoms with Crippen LogP contribution < -0.4 is 10.6 Å². The molecule has 1 aliphatic heterocycles. The van der Waals surface area contributed by atoms with Crippen LogP contribution in [0.5, 0.6) is 0 Å². The van der Waals surface area contributed by atoms with Crippen LogP contribution in [0, 0.1) is 0 Å². The third-order valence-electron chi connectivity index (χ3n) is 1.79. The summed E-state index contributed by atoms with van der Waals surface area (Å²) < 4.78 is 0. The van der Waals surface area contributed by atoms with Crippen LogP contribution in [0.1, 0.15) is 6.42 Å². The molecule has 0 aromatic heterocycles. The van der Waals surface area contributed by atoms with Crippen molar-refractivity contribution in [2.24, 2.45) is 0 Å². The summed E-state index contributed by atoms with van der Waals surface area (Å²) in [5.74, 6) is 1.07. The largest absolute Gasteiger partial charge is 0.315 e. The van der Waals surface area contributed by atoms with Crippen LogP contribution >= 0.6 is 20.7 Å². The van der Waals surface area contributed by atoms with Crippen LogP contribution in [0.25, 0.3) is 0 Å². The number of nitrogens with one attached hydrogen (secondary N) is 2. The van der Waals surface area contributed by atoms with Crippen molar-refractivity contribution in [1.29, 1.82) is 0 Å². The molecule has 1 aliphatic rings. The van der Waals surface area contributed by atoms with Gasteiger partial charge in [-0.2, -0.15) is 9.06 Å². The molecule has 1 heterocycles. The Morgan fingerprint density at radius 1 is 1.64 bits per heavy atom. The lowest BCUT2D eigenvalue weighted by Gasteiger charge is -2.26. The van der Waals surface area contributed by atoms with E-state index in [1.165, 1.54) is 13.0 Å². The standard InChI is InChI=1S/C7H18N2S2/c1-11(2,10)6-9-7-3-4-8-5-7/h7-10H,3-6H2,1-2H3/t7-/m1/s1. The summed E-state index contributed by atoms with van der Waals surface area (Å²) in [4.78, 5) is 0. The first-order valence-corrected chi connectivity index (χ1v) is 7.62. The summed E-state index contributed by atoms with van der Waals surface area (Å²) in [5, 5.41) is 6.85. The molecule has 0 aromatic carbocycles. The highest BCUT2D eigenvalue weighted by Gasteiger charge is 2.15. The second-order valence-electron chi connectivity index (χ2n) is 3.52. The fraction of sp³-hybridized carbons (Fsp3) is 1.00. The third kappa shape index (κ3) is 4.25. The summed E-state index contributed by atoms with van der Waals surface area (Å²) in [7, 11) is -0.656. The molecule has 0 unspecified atom stereocenters. The predicted molar refractivity (Wildman–Crippen MR) is 57.7 cm³/mol. The molecule has 0 radical (unpaired) electrons. The van der Waals surface area contributed by atoms with Crippen molar-refractivity contribution in [3.8, 4) is 0 Å². The maximum atomic E-state index is 4.53. The Balaban J connectivity index is 2.11. The Kier molecular flexibility index (Phi) is 3.55. The topological polar surface area (TPSA) is 24.1 Å². The Labute approximate surface area is 75.6 Å². The van der Waals surface area contributed by atoms with Crippen LogP contribution in [-0.4, -0.2) is 37.5 Å². The quantitative estimate of drug-likeness (QED) is 0.457. The molecule has 68 valence electrons. The first-order valence-electron chi connectivity index (χ1n) is 3.95. The van der Waals surface area contributed by atoms with Gasteiger partial charge in [-0.3, -0.25) is 0 Å². The zero-order chi connectivity index (χ0) is 8.32. The lowest BCUT2D eigenvalue weighted by atomic mass is 10.3. The van der Waals surface area contributed by atoms with Crippen molar-refractivity contribution < 1.29 is 0 Å². The molecular weight excluding hydrogens is 176 g/mol. The van der Waals surface area contributed by atoms with Gasteiger partial charge in [0.2, 0.25) is 0 Å². The Bertz CT molecular complexity index is 116. The second-order valence-corrected chi connectivity index (χ2v) is 9.73. The van der Waals surface area contributed by atoms with E-state index in [9.17, 15) is 0 Å². The molecular formula is C7H18N2S2. The van der Waals surface area contributed by atoms with E-state index in [1.807, 2.05) is 0 Å². The minimum absolute atomic E-state index is 0.656. The van der Waals surface area contributed by atoms with Gasteiger partial charge in [0.05, 0.1) is 0 Å². The molecule has 1 fully saturated rings. The highest BCUT2D eigenvalue weighted by molar-refractivity contribution is 8.87. The Morgan fingerprint density at radius 3 is 2.82 bits per heavy atom. The number of hydrogen-bond donors (Lipinski definition) is 3. The molecule has 4 heteroatoms. The van der Waals surface area contributed by atoms with Crippen LogP contribution in [0.15, 0.2) is 0 Å². The molecule has 11 heavy (non-hydrogen) atoms. The summed E-state index contributed by atoms with van der Waals surface area (Å²) >= 11 is 4.53. The van der Waals surface area contributed by atoms with E-state index in [4.69, 9.17) is 0 Å². The first kappa shape index (κ1) is 9.71. The number of thiol groups is 1. The van der Waals surface area contributed by atoms with Crippen molar-refractivity contribution in [3.05, 3.63) is 0 Å². The summed E-state index contributed by atoms with van der Waals surface area (Å²) in [5.41, 5.74) is 0. The van der Waals surface area contributed by atoms with Gasteiger partial charge in [0.25, 0.3) is 0 Å². The molecule has 2 nitrogen and oxygen atoms in total. The van der Waals surface area contributed by atoms with E-state index < -0.39 is 9.06 Å². The fourth-order valence-electron chi connectivity index (χ4n) is 1.15. The molecule has 1 rings (SSSR count). The van der Waals surface area contributed by atoms with Crippen LogP contribution in [0.4, 0.5) is 0 Å². The average molecular weight is 194 g/mol. The van der Waals surface area contributed by atoms with Gasteiger partial charge < -0.3 is 10.6 Å². The maximum absolute atomic E-state index is 4.53. The van der Waals surface area contributed by atoms with E-state index >= 15 is 0 Å². The Morgan fingerprint density at radius 2 is 2.36 bits per heavy atom. The van der Waals surface area contributed by atoms with E-state index in [-0.39, 0.29) is 0 Å². The zero-order valence-corrected chi connectivity index (χ0v) is 8.97. The van der Waals surface area contributed by atoms with Crippen molar-refractivity contribution >= 4 is 20.7 Å². The Hall–Kier alpha value is 0.620. The van der Waals surface area contributed by atoms with Crippen molar-refractivity contribution in [2.45, 2.75) is 12.5 Å². The van der Waals surface area contributed by atoms with Gasteiger partial charge >= 0.3 is 0 Å². The summed E-state index contributed by atoms with van der Waals surface area (Å²) in [6, 6.07) is 0.689.